The van der Waals surface area contributed by atoms with Crippen molar-refractivity contribution in [2.45, 2.75) is 12.8 Å². The van der Waals surface area contributed by atoms with E-state index in [0.717, 1.165) is 10.9 Å². The number of hydrogen-bond donors (Lipinski definition) is 0. The van der Waals surface area contributed by atoms with E-state index in [4.69, 9.17) is 4.74 Å². The number of carbonyl (C=O) groups excluding carboxylic acids is 2. The highest BCUT2D eigenvalue weighted by Gasteiger charge is 2.25. The maximum absolute atomic E-state index is 12.5. The van der Waals surface area contributed by atoms with Gasteiger partial charge in [0.25, 0.3) is 0 Å². The third-order valence-corrected chi connectivity index (χ3v) is 6.20. The SMILES string of the molecule is CS(=O)(=O)N1CCCc2cc(C(=O)COC(=O)c3ccc4ccccc4n3)ccc21. The Morgan fingerprint density at radius 1 is 1.10 bits per heavy atom. The summed E-state index contributed by atoms with van der Waals surface area (Å²) in [6.07, 6.45) is 2.53. The number of Topliss-reactive ketones (excluding diaryl/α,β-unsaturated/α-hetero) is 1. The molecule has 0 atom stereocenters. The van der Waals surface area contributed by atoms with Crippen molar-refractivity contribution in [3.8, 4) is 0 Å². The Morgan fingerprint density at radius 3 is 2.70 bits per heavy atom. The molecule has 0 fully saturated rings. The first-order chi connectivity index (χ1) is 14.3. The molecule has 1 aromatic heterocycles. The van der Waals surface area contributed by atoms with Gasteiger partial charge < -0.3 is 4.74 Å². The van der Waals surface area contributed by atoms with Gasteiger partial charge in [0.05, 0.1) is 17.5 Å². The van der Waals surface area contributed by atoms with Crippen molar-refractivity contribution in [2.75, 3.05) is 23.7 Å². The molecular formula is C22H20N2O5S. The number of carbonyl (C=O) groups is 2. The van der Waals surface area contributed by atoms with Crippen LogP contribution < -0.4 is 4.31 Å². The molecule has 0 saturated carbocycles. The zero-order chi connectivity index (χ0) is 21.3. The molecule has 7 nitrogen and oxygen atoms in total. The maximum atomic E-state index is 12.5. The average Bonchev–Trinajstić information content (AvgIpc) is 2.75. The molecule has 2 heterocycles. The summed E-state index contributed by atoms with van der Waals surface area (Å²) in [5.41, 5.74) is 2.57. The second kappa shape index (κ2) is 7.87. The van der Waals surface area contributed by atoms with Gasteiger partial charge in [-0.25, -0.2) is 18.2 Å². The number of para-hydroxylation sites is 1. The van der Waals surface area contributed by atoms with Crippen LogP contribution in [0.2, 0.25) is 0 Å². The maximum Gasteiger partial charge on any atom is 0.357 e. The monoisotopic (exact) mass is 424 g/mol. The molecule has 1 aliphatic heterocycles. The number of ketones is 1. The lowest BCUT2D eigenvalue weighted by Gasteiger charge is -2.29. The van der Waals surface area contributed by atoms with Crippen LogP contribution in [0, 0.1) is 0 Å². The van der Waals surface area contributed by atoms with Gasteiger partial charge in [-0.2, -0.15) is 0 Å². The van der Waals surface area contributed by atoms with E-state index in [1.54, 1.807) is 36.4 Å². The lowest BCUT2D eigenvalue weighted by Crippen LogP contribution is -2.34. The third-order valence-electron chi connectivity index (χ3n) is 5.02. The Balaban J connectivity index is 1.47. The predicted molar refractivity (Wildman–Crippen MR) is 113 cm³/mol. The second-order valence-corrected chi connectivity index (χ2v) is 9.08. The van der Waals surface area contributed by atoms with Gasteiger partial charge >= 0.3 is 5.97 Å². The molecular weight excluding hydrogens is 404 g/mol. The number of anilines is 1. The molecule has 0 amide bonds. The number of sulfonamides is 1. The highest BCUT2D eigenvalue weighted by atomic mass is 32.2. The molecule has 1 aliphatic rings. The van der Waals surface area contributed by atoms with Crippen molar-refractivity contribution in [2.24, 2.45) is 0 Å². The van der Waals surface area contributed by atoms with Crippen LogP contribution in [0.25, 0.3) is 10.9 Å². The van der Waals surface area contributed by atoms with Crippen LogP contribution in [0.3, 0.4) is 0 Å². The third kappa shape index (κ3) is 4.04. The predicted octanol–water partition coefficient (Wildman–Crippen LogP) is 2.99. The molecule has 154 valence electrons. The first-order valence-electron chi connectivity index (χ1n) is 9.50. The number of rotatable bonds is 5. The van der Waals surface area contributed by atoms with E-state index in [1.165, 1.54) is 10.6 Å². The number of fused-ring (bicyclic) bond motifs is 2. The Kier molecular flexibility index (Phi) is 5.26. The van der Waals surface area contributed by atoms with E-state index in [0.29, 0.717) is 36.2 Å². The summed E-state index contributed by atoms with van der Waals surface area (Å²) in [6, 6.07) is 15.6. The molecule has 4 rings (SSSR count). The quantitative estimate of drug-likeness (QED) is 0.462. The van der Waals surface area contributed by atoms with Gasteiger partial charge in [0, 0.05) is 17.5 Å². The number of aromatic nitrogens is 1. The molecule has 0 aliphatic carbocycles. The van der Waals surface area contributed by atoms with Crippen molar-refractivity contribution >= 4 is 38.4 Å². The van der Waals surface area contributed by atoms with Crippen LogP contribution in [0.5, 0.6) is 0 Å². The largest absolute Gasteiger partial charge is 0.453 e. The fraction of sp³-hybridized carbons (Fsp3) is 0.227. The van der Waals surface area contributed by atoms with Gasteiger partial charge in [0.2, 0.25) is 10.0 Å². The first-order valence-corrected chi connectivity index (χ1v) is 11.3. The number of pyridine rings is 1. The summed E-state index contributed by atoms with van der Waals surface area (Å²) >= 11 is 0. The first kappa shape index (κ1) is 20.0. The van der Waals surface area contributed by atoms with Crippen molar-refractivity contribution in [1.29, 1.82) is 0 Å². The van der Waals surface area contributed by atoms with Crippen molar-refractivity contribution < 1.29 is 22.7 Å². The Bertz CT molecular complexity index is 1250. The minimum absolute atomic E-state index is 0.135. The van der Waals surface area contributed by atoms with Crippen molar-refractivity contribution in [1.82, 2.24) is 4.98 Å². The molecule has 0 saturated heterocycles. The molecule has 2 aromatic carbocycles. The number of aryl methyl sites for hydroxylation is 1. The lowest BCUT2D eigenvalue weighted by molar-refractivity contribution is 0.0469. The van der Waals surface area contributed by atoms with Gasteiger partial charge in [0.1, 0.15) is 5.69 Å². The van der Waals surface area contributed by atoms with Gasteiger partial charge in [-0.15, -0.1) is 0 Å². The van der Waals surface area contributed by atoms with Crippen LogP contribution in [0.15, 0.2) is 54.6 Å². The molecule has 3 aromatic rings. The molecule has 8 heteroatoms. The highest BCUT2D eigenvalue weighted by Crippen LogP contribution is 2.30. The van der Waals surface area contributed by atoms with E-state index in [2.05, 4.69) is 4.98 Å². The second-order valence-electron chi connectivity index (χ2n) is 7.17. The van der Waals surface area contributed by atoms with Crippen molar-refractivity contribution in [3.63, 3.8) is 0 Å². The van der Waals surface area contributed by atoms with Gasteiger partial charge in [0.15, 0.2) is 12.4 Å². The summed E-state index contributed by atoms with van der Waals surface area (Å²) < 4.78 is 30.4. The minimum atomic E-state index is -3.37. The number of ether oxygens (including phenoxy) is 1. The van der Waals surface area contributed by atoms with E-state index in [9.17, 15) is 18.0 Å². The van der Waals surface area contributed by atoms with Crippen LogP contribution >= 0.6 is 0 Å². The van der Waals surface area contributed by atoms with E-state index in [1.807, 2.05) is 18.2 Å². The lowest BCUT2D eigenvalue weighted by atomic mass is 9.99. The van der Waals surface area contributed by atoms with E-state index >= 15 is 0 Å². The van der Waals surface area contributed by atoms with Gasteiger partial charge in [-0.1, -0.05) is 24.3 Å². The number of hydrogen-bond acceptors (Lipinski definition) is 6. The highest BCUT2D eigenvalue weighted by molar-refractivity contribution is 7.92. The summed E-state index contributed by atoms with van der Waals surface area (Å²) in [5, 5.41) is 0.905. The Morgan fingerprint density at radius 2 is 1.90 bits per heavy atom. The topological polar surface area (TPSA) is 93.6 Å². The minimum Gasteiger partial charge on any atom is -0.453 e. The normalized spacial score (nSPS) is 13.7. The number of benzene rings is 2. The molecule has 0 unspecified atom stereocenters. The summed E-state index contributed by atoms with van der Waals surface area (Å²) in [7, 11) is -3.37. The molecule has 30 heavy (non-hydrogen) atoms. The van der Waals surface area contributed by atoms with Gasteiger partial charge in [-0.05, 0) is 48.7 Å². The van der Waals surface area contributed by atoms with Crippen LogP contribution in [0.4, 0.5) is 5.69 Å². The molecule has 0 bridgehead atoms. The fourth-order valence-corrected chi connectivity index (χ4v) is 4.54. The molecule has 0 radical (unpaired) electrons. The number of esters is 1. The zero-order valence-corrected chi connectivity index (χ0v) is 17.2. The smallest absolute Gasteiger partial charge is 0.357 e. The van der Waals surface area contributed by atoms with E-state index < -0.39 is 22.6 Å². The number of nitrogens with zero attached hydrogens (tertiary/aromatic N) is 2. The Labute approximate surface area is 174 Å². The zero-order valence-electron chi connectivity index (χ0n) is 16.4. The molecule has 0 spiro atoms. The average molecular weight is 424 g/mol. The summed E-state index contributed by atoms with van der Waals surface area (Å²) in [6.45, 7) is 0.0113. The fourth-order valence-electron chi connectivity index (χ4n) is 3.55. The summed E-state index contributed by atoms with van der Waals surface area (Å²) in [4.78, 5) is 29.1. The van der Waals surface area contributed by atoms with Crippen LogP contribution in [-0.4, -0.2) is 44.6 Å². The van der Waals surface area contributed by atoms with Crippen LogP contribution in [-0.2, 0) is 21.2 Å². The van der Waals surface area contributed by atoms with Crippen molar-refractivity contribution in [3.05, 3.63) is 71.4 Å². The summed E-state index contributed by atoms with van der Waals surface area (Å²) in [5.74, 6) is -1.03. The van der Waals surface area contributed by atoms with Gasteiger partial charge in [-0.3, -0.25) is 9.10 Å². The van der Waals surface area contributed by atoms with E-state index in [-0.39, 0.29) is 11.5 Å². The standard InChI is InChI=1S/C22H20N2O5S/c1-30(27,28)24-12-4-6-16-13-17(9-11-20(16)24)21(25)14-29-22(26)19-10-8-15-5-2-3-7-18(15)23-19/h2-3,5,7-11,13H,4,6,12,14H2,1H3. The van der Waals surface area contributed by atoms with Crippen LogP contribution in [0.1, 0.15) is 32.8 Å². The molecule has 0 N–H and O–H groups in total. The Hall–Kier alpha value is -3.26.